The molecule has 0 aromatic heterocycles. The summed E-state index contributed by atoms with van der Waals surface area (Å²) in [6, 6.07) is 11.5. The van der Waals surface area contributed by atoms with Crippen LogP contribution in [0, 0.1) is 5.82 Å². The fourth-order valence-corrected chi connectivity index (χ4v) is 3.62. The van der Waals surface area contributed by atoms with Crippen LogP contribution in [0.1, 0.15) is 23.6 Å². The number of carbonyl (C=O) groups excluding carboxylic acids is 2. The number of ether oxygens (including phenoxy) is 1. The van der Waals surface area contributed by atoms with Gasteiger partial charge in [-0.15, -0.1) is 0 Å². The molecule has 0 saturated carbocycles. The first-order valence-electron chi connectivity index (χ1n) is 9.66. The summed E-state index contributed by atoms with van der Waals surface area (Å²) in [5.74, 6) is -1.77. The molecule has 1 saturated heterocycles. The third-order valence-electron chi connectivity index (χ3n) is 5.05. The van der Waals surface area contributed by atoms with Gasteiger partial charge in [-0.05, 0) is 56.9 Å². The van der Waals surface area contributed by atoms with Gasteiger partial charge in [0.05, 0.1) is 18.7 Å². The van der Waals surface area contributed by atoms with Crippen LogP contribution in [0.25, 0.3) is 5.76 Å². The van der Waals surface area contributed by atoms with Gasteiger partial charge >= 0.3 is 0 Å². The smallest absolute Gasteiger partial charge is 0.295 e. The summed E-state index contributed by atoms with van der Waals surface area (Å²) in [6.07, 6.45) is 0.630. The van der Waals surface area contributed by atoms with Crippen LogP contribution in [0.5, 0.6) is 5.75 Å². The minimum absolute atomic E-state index is 0.0521. The van der Waals surface area contributed by atoms with E-state index in [1.54, 1.807) is 30.3 Å². The normalized spacial score (nSPS) is 18.3. The second-order valence-electron chi connectivity index (χ2n) is 7.44. The van der Waals surface area contributed by atoms with Gasteiger partial charge in [-0.3, -0.25) is 9.59 Å². The van der Waals surface area contributed by atoms with E-state index in [1.807, 2.05) is 19.0 Å². The number of methoxy groups -OCH3 is 1. The average molecular weight is 412 g/mol. The van der Waals surface area contributed by atoms with Crippen molar-refractivity contribution in [2.45, 2.75) is 12.5 Å². The minimum Gasteiger partial charge on any atom is -0.507 e. The number of benzene rings is 2. The maximum atomic E-state index is 14.0. The summed E-state index contributed by atoms with van der Waals surface area (Å²) in [6.45, 7) is 1.02. The fraction of sp³-hybridized carbons (Fsp3) is 0.304. The second kappa shape index (κ2) is 9.09. The van der Waals surface area contributed by atoms with Crippen molar-refractivity contribution in [1.82, 2.24) is 9.80 Å². The van der Waals surface area contributed by atoms with E-state index >= 15 is 0 Å². The van der Waals surface area contributed by atoms with Crippen molar-refractivity contribution in [3.05, 3.63) is 71.0 Å². The number of carbonyl (C=O) groups is 2. The van der Waals surface area contributed by atoms with Gasteiger partial charge in [0.15, 0.2) is 0 Å². The number of aliphatic hydroxyl groups excluding tert-OH is 1. The lowest BCUT2D eigenvalue weighted by Crippen LogP contribution is -2.32. The highest BCUT2D eigenvalue weighted by atomic mass is 19.1. The van der Waals surface area contributed by atoms with E-state index in [0.717, 1.165) is 6.54 Å². The van der Waals surface area contributed by atoms with Crippen molar-refractivity contribution in [1.29, 1.82) is 0 Å². The first-order valence-corrected chi connectivity index (χ1v) is 9.66. The molecule has 2 aromatic carbocycles. The van der Waals surface area contributed by atoms with Crippen molar-refractivity contribution >= 4 is 17.4 Å². The van der Waals surface area contributed by atoms with Crippen LogP contribution in [0.2, 0.25) is 0 Å². The molecule has 1 aliphatic heterocycles. The molecule has 1 fully saturated rings. The number of aliphatic hydroxyl groups is 1. The van der Waals surface area contributed by atoms with E-state index in [9.17, 15) is 19.1 Å². The van der Waals surface area contributed by atoms with Crippen LogP contribution < -0.4 is 4.74 Å². The minimum atomic E-state index is -0.867. The number of rotatable bonds is 7. The Labute approximate surface area is 175 Å². The van der Waals surface area contributed by atoms with Gasteiger partial charge in [0.2, 0.25) is 0 Å². The Hall–Kier alpha value is -3.19. The monoisotopic (exact) mass is 412 g/mol. The molecule has 1 amide bonds. The van der Waals surface area contributed by atoms with Crippen molar-refractivity contribution < 1.29 is 23.8 Å². The molecule has 30 heavy (non-hydrogen) atoms. The van der Waals surface area contributed by atoms with E-state index in [0.29, 0.717) is 29.8 Å². The largest absolute Gasteiger partial charge is 0.507 e. The molecule has 3 rings (SSSR count). The summed E-state index contributed by atoms with van der Waals surface area (Å²) in [5, 5.41) is 11.0. The van der Waals surface area contributed by atoms with E-state index < -0.39 is 23.5 Å². The molecule has 0 unspecified atom stereocenters. The first-order chi connectivity index (χ1) is 14.3. The van der Waals surface area contributed by atoms with Gasteiger partial charge in [-0.1, -0.05) is 24.3 Å². The second-order valence-corrected chi connectivity index (χ2v) is 7.44. The Balaban J connectivity index is 2.11. The molecule has 1 aliphatic rings. The van der Waals surface area contributed by atoms with Crippen molar-refractivity contribution in [3.63, 3.8) is 0 Å². The maximum Gasteiger partial charge on any atom is 0.295 e. The molecule has 1 heterocycles. The highest BCUT2D eigenvalue weighted by Gasteiger charge is 2.45. The SMILES string of the molecule is COc1cccc(C(O)=C2C(=O)C(=O)N(CCCN(C)C)[C@H]2c2cccc(F)c2)c1. The summed E-state index contributed by atoms with van der Waals surface area (Å²) in [4.78, 5) is 29.1. The number of Topliss-reactive ketones (excluding diaryl/α,β-unsaturated/α-hetero) is 1. The van der Waals surface area contributed by atoms with Crippen LogP contribution in [0.4, 0.5) is 4.39 Å². The highest BCUT2D eigenvalue weighted by Crippen LogP contribution is 2.39. The van der Waals surface area contributed by atoms with Gasteiger partial charge in [0, 0.05) is 12.1 Å². The zero-order valence-corrected chi connectivity index (χ0v) is 17.3. The molecule has 0 aliphatic carbocycles. The van der Waals surface area contributed by atoms with Crippen LogP contribution in [0.15, 0.2) is 54.1 Å². The predicted molar refractivity (Wildman–Crippen MR) is 112 cm³/mol. The van der Waals surface area contributed by atoms with E-state index in [2.05, 4.69) is 0 Å². The molecule has 158 valence electrons. The Morgan fingerprint density at radius 2 is 1.90 bits per heavy atom. The maximum absolute atomic E-state index is 14.0. The number of nitrogens with zero attached hydrogens (tertiary/aromatic N) is 2. The van der Waals surface area contributed by atoms with Crippen molar-refractivity contribution in [3.8, 4) is 5.75 Å². The van der Waals surface area contributed by atoms with Gasteiger partial charge in [0.1, 0.15) is 17.3 Å². The van der Waals surface area contributed by atoms with Crippen LogP contribution in [-0.4, -0.2) is 60.9 Å². The topological polar surface area (TPSA) is 70.1 Å². The average Bonchev–Trinajstić information content (AvgIpc) is 2.98. The third kappa shape index (κ3) is 4.36. The number of hydrogen-bond acceptors (Lipinski definition) is 5. The number of likely N-dealkylation sites (tertiary alicyclic amines) is 1. The van der Waals surface area contributed by atoms with E-state index in [4.69, 9.17) is 4.74 Å². The number of ketones is 1. The molecular weight excluding hydrogens is 387 g/mol. The Bertz CT molecular complexity index is 987. The Kier molecular flexibility index (Phi) is 6.52. The van der Waals surface area contributed by atoms with Gasteiger partial charge in [-0.25, -0.2) is 4.39 Å². The molecule has 0 bridgehead atoms. The Morgan fingerprint density at radius 1 is 1.17 bits per heavy atom. The number of amides is 1. The number of hydrogen-bond donors (Lipinski definition) is 1. The quantitative estimate of drug-likeness (QED) is 0.430. The van der Waals surface area contributed by atoms with Gasteiger partial charge < -0.3 is 19.6 Å². The fourth-order valence-electron chi connectivity index (χ4n) is 3.62. The summed E-state index contributed by atoms with van der Waals surface area (Å²) in [7, 11) is 5.33. The third-order valence-corrected chi connectivity index (χ3v) is 5.05. The standard InChI is InChI=1S/C23H25FN2O4/c1-25(2)11-6-12-26-20(15-7-4-9-17(24)13-15)19(22(28)23(26)29)21(27)16-8-5-10-18(14-16)30-3/h4-5,7-10,13-14,20,27H,6,11-12H2,1-3H3/t20-/m0/s1. The molecular formula is C23H25FN2O4. The lowest BCUT2D eigenvalue weighted by Gasteiger charge is -2.26. The first kappa shape index (κ1) is 21.5. The van der Waals surface area contributed by atoms with Crippen molar-refractivity contribution in [2.24, 2.45) is 0 Å². The predicted octanol–water partition coefficient (Wildman–Crippen LogP) is 3.21. The highest BCUT2D eigenvalue weighted by molar-refractivity contribution is 6.46. The van der Waals surface area contributed by atoms with Gasteiger partial charge in [-0.2, -0.15) is 0 Å². The van der Waals surface area contributed by atoms with Crippen molar-refractivity contribution in [2.75, 3.05) is 34.3 Å². The molecule has 0 spiro atoms. The summed E-state index contributed by atoms with van der Waals surface area (Å²) < 4.78 is 19.1. The lowest BCUT2D eigenvalue weighted by atomic mass is 9.95. The zero-order valence-electron chi connectivity index (χ0n) is 17.3. The molecule has 7 heteroatoms. The van der Waals surface area contributed by atoms with E-state index in [-0.39, 0.29) is 11.3 Å². The summed E-state index contributed by atoms with van der Waals surface area (Å²) >= 11 is 0. The van der Waals surface area contributed by atoms with Crippen LogP contribution >= 0.6 is 0 Å². The summed E-state index contributed by atoms with van der Waals surface area (Å²) in [5.41, 5.74) is 0.731. The molecule has 6 nitrogen and oxygen atoms in total. The Morgan fingerprint density at radius 3 is 2.57 bits per heavy atom. The molecule has 1 N–H and O–H groups in total. The zero-order chi connectivity index (χ0) is 21.8. The molecule has 0 radical (unpaired) electrons. The number of halogens is 1. The molecule has 2 aromatic rings. The van der Waals surface area contributed by atoms with E-state index in [1.165, 1.54) is 30.2 Å². The van der Waals surface area contributed by atoms with Gasteiger partial charge in [0.25, 0.3) is 11.7 Å². The molecule has 1 atom stereocenters. The van der Waals surface area contributed by atoms with Crippen LogP contribution in [0.3, 0.4) is 0 Å². The lowest BCUT2D eigenvalue weighted by molar-refractivity contribution is -0.139. The van der Waals surface area contributed by atoms with Crippen LogP contribution in [-0.2, 0) is 9.59 Å².